The highest BCUT2D eigenvalue weighted by Gasteiger charge is 2.19. The predicted molar refractivity (Wildman–Crippen MR) is 55.6 cm³/mol. The van der Waals surface area contributed by atoms with Gasteiger partial charge in [-0.1, -0.05) is 25.5 Å². The minimum atomic E-state index is -0.720. The Balaban J connectivity index is 2.68. The second-order valence-corrected chi connectivity index (χ2v) is 4.05. The van der Waals surface area contributed by atoms with Gasteiger partial charge in [0.2, 0.25) is 0 Å². The van der Waals surface area contributed by atoms with Crippen molar-refractivity contribution in [2.75, 3.05) is 0 Å². The highest BCUT2D eigenvalue weighted by molar-refractivity contribution is 5.18. The van der Waals surface area contributed by atoms with Gasteiger partial charge in [0, 0.05) is 6.42 Å². The second kappa shape index (κ2) is 4.56. The number of rotatable bonds is 4. The lowest BCUT2D eigenvalue weighted by Crippen LogP contribution is -2.26. The smallest absolute Gasteiger partial charge is 0.123 e. The number of halogens is 1. The van der Waals surface area contributed by atoms with Crippen LogP contribution in [-0.2, 0) is 6.42 Å². The molecule has 1 nitrogen and oxygen atoms in total. The van der Waals surface area contributed by atoms with E-state index in [0.717, 1.165) is 18.4 Å². The fourth-order valence-electron chi connectivity index (χ4n) is 1.71. The molecule has 0 aliphatic heterocycles. The van der Waals surface area contributed by atoms with Gasteiger partial charge in [-0.25, -0.2) is 4.39 Å². The zero-order valence-corrected chi connectivity index (χ0v) is 8.76. The fourth-order valence-corrected chi connectivity index (χ4v) is 1.71. The van der Waals surface area contributed by atoms with Crippen LogP contribution in [0, 0.1) is 5.82 Å². The van der Waals surface area contributed by atoms with Crippen LogP contribution in [0.5, 0.6) is 0 Å². The number of aliphatic hydroxyl groups is 1. The van der Waals surface area contributed by atoms with Gasteiger partial charge in [0.05, 0.1) is 5.60 Å². The molecule has 0 spiro atoms. The molecule has 1 atom stereocenters. The van der Waals surface area contributed by atoms with Gasteiger partial charge in [-0.3, -0.25) is 0 Å². The molecule has 1 N–H and O–H groups in total. The van der Waals surface area contributed by atoms with E-state index in [1.807, 2.05) is 13.0 Å². The first-order valence-corrected chi connectivity index (χ1v) is 5.00. The van der Waals surface area contributed by atoms with Crippen LogP contribution in [0.1, 0.15) is 32.3 Å². The van der Waals surface area contributed by atoms with Crippen LogP contribution >= 0.6 is 0 Å². The van der Waals surface area contributed by atoms with Crippen molar-refractivity contribution >= 4 is 0 Å². The molecule has 0 heterocycles. The van der Waals surface area contributed by atoms with E-state index in [2.05, 4.69) is 0 Å². The van der Waals surface area contributed by atoms with Gasteiger partial charge in [-0.15, -0.1) is 0 Å². The molecule has 2 heteroatoms. The van der Waals surface area contributed by atoms with E-state index in [1.165, 1.54) is 12.1 Å². The molecule has 0 saturated heterocycles. The molecule has 1 aromatic rings. The minimum absolute atomic E-state index is 0.241. The number of benzene rings is 1. The molecule has 0 aromatic heterocycles. The molecular weight excluding hydrogens is 179 g/mol. The van der Waals surface area contributed by atoms with Crippen molar-refractivity contribution in [3.63, 3.8) is 0 Å². The Hall–Kier alpha value is -0.890. The Morgan fingerprint density at radius 2 is 2.14 bits per heavy atom. The molecular formula is C12H17FO. The molecule has 14 heavy (non-hydrogen) atoms. The molecule has 1 aromatic carbocycles. The van der Waals surface area contributed by atoms with Crippen molar-refractivity contribution in [2.45, 2.75) is 38.7 Å². The Labute approximate surface area is 84.6 Å². The van der Waals surface area contributed by atoms with Crippen molar-refractivity contribution in [3.05, 3.63) is 35.6 Å². The number of hydrogen-bond acceptors (Lipinski definition) is 1. The lowest BCUT2D eigenvalue weighted by atomic mass is 9.92. The largest absolute Gasteiger partial charge is 0.390 e. The van der Waals surface area contributed by atoms with Crippen molar-refractivity contribution in [1.29, 1.82) is 0 Å². The van der Waals surface area contributed by atoms with Crippen LogP contribution < -0.4 is 0 Å². The zero-order chi connectivity index (χ0) is 10.6. The van der Waals surface area contributed by atoms with Crippen molar-refractivity contribution in [3.8, 4) is 0 Å². The van der Waals surface area contributed by atoms with Gasteiger partial charge >= 0.3 is 0 Å². The third kappa shape index (κ3) is 3.46. The van der Waals surface area contributed by atoms with Crippen LogP contribution in [0.2, 0.25) is 0 Å². The number of hydrogen-bond donors (Lipinski definition) is 1. The lowest BCUT2D eigenvalue weighted by Gasteiger charge is -2.22. The molecule has 0 amide bonds. The van der Waals surface area contributed by atoms with Gasteiger partial charge in [0.1, 0.15) is 5.82 Å². The van der Waals surface area contributed by atoms with E-state index in [0.29, 0.717) is 6.42 Å². The van der Waals surface area contributed by atoms with Crippen molar-refractivity contribution in [2.24, 2.45) is 0 Å². The topological polar surface area (TPSA) is 20.2 Å². The van der Waals surface area contributed by atoms with Crippen LogP contribution in [0.4, 0.5) is 4.39 Å². The van der Waals surface area contributed by atoms with Gasteiger partial charge in [-0.05, 0) is 31.0 Å². The summed E-state index contributed by atoms with van der Waals surface area (Å²) in [5.41, 5.74) is 0.131. The monoisotopic (exact) mass is 196 g/mol. The van der Waals surface area contributed by atoms with Gasteiger partial charge in [0.15, 0.2) is 0 Å². The predicted octanol–water partition coefficient (Wildman–Crippen LogP) is 2.92. The van der Waals surface area contributed by atoms with E-state index in [-0.39, 0.29) is 5.82 Å². The average Bonchev–Trinajstić information content (AvgIpc) is 2.02. The average molecular weight is 196 g/mol. The second-order valence-electron chi connectivity index (χ2n) is 4.05. The van der Waals surface area contributed by atoms with Crippen LogP contribution in [-0.4, -0.2) is 10.7 Å². The summed E-state index contributed by atoms with van der Waals surface area (Å²) in [6, 6.07) is 6.40. The van der Waals surface area contributed by atoms with E-state index in [4.69, 9.17) is 0 Å². The van der Waals surface area contributed by atoms with Gasteiger partial charge in [0.25, 0.3) is 0 Å². The normalized spacial score (nSPS) is 15.1. The van der Waals surface area contributed by atoms with Gasteiger partial charge in [-0.2, -0.15) is 0 Å². The zero-order valence-electron chi connectivity index (χ0n) is 8.76. The summed E-state index contributed by atoms with van der Waals surface area (Å²) in [6.45, 7) is 3.82. The maximum atomic E-state index is 12.8. The molecule has 0 radical (unpaired) electrons. The highest BCUT2D eigenvalue weighted by Crippen LogP contribution is 2.18. The molecule has 0 bridgehead atoms. The van der Waals surface area contributed by atoms with Crippen molar-refractivity contribution in [1.82, 2.24) is 0 Å². The summed E-state index contributed by atoms with van der Waals surface area (Å²) in [4.78, 5) is 0. The van der Waals surface area contributed by atoms with E-state index in [9.17, 15) is 9.50 Å². The maximum Gasteiger partial charge on any atom is 0.123 e. The summed E-state index contributed by atoms with van der Waals surface area (Å²) in [7, 11) is 0. The Morgan fingerprint density at radius 3 is 2.71 bits per heavy atom. The Morgan fingerprint density at radius 1 is 1.43 bits per heavy atom. The molecule has 1 rings (SSSR count). The minimum Gasteiger partial charge on any atom is -0.390 e. The standard InChI is InChI=1S/C12H17FO/c1-3-7-12(2,14)9-10-5-4-6-11(13)8-10/h4-6,8,14H,3,7,9H2,1-2H3. The summed E-state index contributed by atoms with van der Waals surface area (Å²) < 4.78 is 12.8. The summed E-state index contributed by atoms with van der Waals surface area (Å²) in [6.07, 6.45) is 2.18. The summed E-state index contributed by atoms with van der Waals surface area (Å²) >= 11 is 0. The summed E-state index contributed by atoms with van der Waals surface area (Å²) in [5.74, 6) is -0.241. The molecule has 78 valence electrons. The third-order valence-electron chi connectivity index (χ3n) is 2.26. The third-order valence-corrected chi connectivity index (χ3v) is 2.26. The molecule has 1 unspecified atom stereocenters. The Kier molecular flexibility index (Phi) is 3.64. The Bertz CT molecular complexity index is 294. The quantitative estimate of drug-likeness (QED) is 0.785. The van der Waals surface area contributed by atoms with E-state index in [1.54, 1.807) is 13.0 Å². The SMILES string of the molecule is CCCC(C)(O)Cc1cccc(F)c1. The first-order valence-electron chi connectivity index (χ1n) is 5.00. The lowest BCUT2D eigenvalue weighted by molar-refractivity contribution is 0.0505. The molecule has 0 saturated carbocycles. The molecule has 0 aliphatic carbocycles. The van der Waals surface area contributed by atoms with Crippen LogP contribution in [0.3, 0.4) is 0 Å². The van der Waals surface area contributed by atoms with E-state index < -0.39 is 5.60 Å². The first-order chi connectivity index (χ1) is 6.53. The van der Waals surface area contributed by atoms with E-state index >= 15 is 0 Å². The maximum absolute atomic E-state index is 12.8. The molecule has 0 aliphatic rings. The highest BCUT2D eigenvalue weighted by atomic mass is 19.1. The summed E-state index contributed by atoms with van der Waals surface area (Å²) in [5, 5.41) is 9.94. The van der Waals surface area contributed by atoms with Crippen molar-refractivity contribution < 1.29 is 9.50 Å². The van der Waals surface area contributed by atoms with Crippen LogP contribution in [0.25, 0.3) is 0 Å². The fraction of sp³-hybridized carbons (Fsp3) is 0.500. The van der Waals surface area contributed by atoms with Crippen LogP contribution in [0.15, 0.2) is 24.3 Å². The van der Waals surface area contributed by atoms with Gasteiger partial charge < -0.3 is 5.11 Å². The first kappa shape index (κ1) is 11.2. The molecule has 0 fully saturated rings.